The largest absolute Gasteiger partial charge is 0.380 e. The van der Waals surface area contributed by atoms with E-state index >= 15 is 0 Å². The molecule has 2 aromatic rings. The molecule has 2 heterocycles. The number of fused-ring (bicyclic) bond motifs is 1. The highest BCUT2D eigenvalue weighted by Crippen LogP contribution is 2.26. The van der Waals surface area contributed by atoms with Gasteiger partial charge in [-0.25, -0.2) is 4.98 Å². The van der Waals surface area contributed by atoms with Crippen LogP contribution in [0.3, 0.4) is 0 Å². The van der Waals surface area contributed by atoms with E-state index in [1.807, 2.05) is 26.0 Å². The van der Waals surface area contributed by atoms with Gasteiger partial charge in [0.25, 0.3) is 5.56 Å². The third kappa shape index (κ3) is 1.94. The molecule has 1 atom stereocenters. The van der Waals surface area contributed by atoms with Gasteiger partial charge in [-0.3, -0.25) is 9.36 Å². The maximum atomic E-state index is 12.6. The molecular formula is C15H19N3O2. The number of nitrogens with two attached hydrogens (primary N) is 1. The fourth-order valence-corrected chi connectivity index (χ4v) is 2.67. The molecule has 0 spiro atoms. The molecule has 1 aliphatic heterocycles. The van der Waals surface area contributed by atoms with Gasteiger partial charge in [0.2, 0.25) is 0 Å². The van der Waals surface area contributed by atoms with Crippen molar-refractivity contribution >= 4 is 10.9 Å². The lowest BCUT2D eigenvalue weighted by Gasteiger charge is -2.27. The number of benzene rings is 1. The lowest BCUT2D eigenvalue weighted by molar-refractivity contribution is 0.00340. The molecule has 1 saturated heterocycles. The standard InChI is InChI=1S/C15H19N3O2/c1-8-4-11(9(2)16)13-12(5-8)15(19)18(3)14(17-13)10-6-20-7-10/h4-5,9-10H,6-7,16H2,1-3H3/t9-/m1/s1. The van der Waals surface area contributed by atoms with Gasteiger partial charge in [0.15, 0.2) is 0 Å². The summed E-state index contributed by atoms with van der Waals surface area (Å²) in [4.78, 5) is 17.3. The Hall–Kier alpha value is -1.72. The van der Waals surface area contributed by atoms with E-state index in [1.165, 1.54) is 0 Å². The van der Waals surface area contributed by atoms with Gasteiger partial charge in [0.05, 0.1) is 30.0 Å². The van der Waals surface area contributed by atoms with E-state index in [0.717, 1.165) is 22.5 Å². The van der Waals surface area contributed by atoms with Crippen molar-refractivity contribution in [2.45, 2.75) is 25.8 Å². The third-order valence-electron chi connectivity index (χ3n) is 3.88. The summed E-state index contributed by atoms with van der Waals surface area (Å²) in [5.41, 5.74) is 8.72. The van der Waals surface area contributed by atoms with Crippen LogP contribution in [-0.4, -0.2) is 22.8 Å². The van der Waals surface area contributed by atoms with Crippen molar-refractivity contribution in [3.05, 3.63) is 39.4 Å². The smallest absolute Gasteiger partial charge is 0.261 e. The van der Waals surface area contributed by atoms with Crippen molar-refractivity contribution in [2.75, 3.05) is 13.2 Å². The molecule has 5 heteroatoms. The summed E-state index contributed by atoms with van der Waals surface area (Å²) in [6.45, 7) is 5.15. The number of aryl methyl sites for hydroxylation is 1. The van der Waals surface area contributed by atoms with Gasteiger partial charge in [-0.05, 0) is 31.0 Å². The van der Waals surface area contributed by atoms with Crippen molar-refractivity contribution in [1.82, 2.24) is 9.55 Å². The number of nitrogens with zero attached hydrogens (tertiary/aromatic N) is 2. The molecule has 0 unspecified atom stereocenters. The molecule has 1 fully saturated rings. The second-order valence-electron chi connectivity index (χ2n) is 5.61. The van der Waals surface area contributed by atoms with E-state index in [4.69, 9.17) is 15.5 Å². The van der Waals surface area contributed by atoms with Crippen LogP contribution < -0.4 is 11.3 Å². The van der Waals surface area contributed by atoms with E-state index < -0.39 is 0 Å². The van der Waals surface area contributed by atoms with Crippen LogP contribution in [0.1, 0.15) is 35.8 Å². The van der Waals surface area contributed by atoms with Crippen LogP contribution in [0.5, 0.6) is 0 Å². The quantitative estimate of drug-likeness (QED) is 0.897. The van der Waals surface area contributed by atoms with Crippen LogP contribution in [0.2, 0.25) is 0 Å². The summed E-state index contributed by atoms with van der Waals surface area (Å²) in [6, 6.07) is 3.75. The molecule has 0 aliphatic carbocycles. The number of hydrogen-bond acceptors (Lipinski definition) is 4. The van der Waals surface area contributed by atoms with Gasteiger partial charge in [0.1, 0.15) is 5.82 Å². The maximum Gasteiger partial charge on any atom is 0.261 e. The second-order valence-corrected chi connectivity index (χ2v) is 5.61. The molecule has 0 amide bonds. The van der Waals surface area contributed by atoms with Crippen molar-refractivity contribution in [1.29, 1.82) is 0 Å². The third-order valence-corrected chi connectivity index (χ3v) is 3.88. The van der Waals surface area contributed by atoms with E-state index in [0.29, 0.717) is 18.6 Å². The van der Waals surface area contributed by atoms with E-state index in [9.17, 15) is 4.79 Å². The summed E-state index contributed by atoms with van der Waals surface area (Å²) in [5.74, 6) is 0.999. The molecule has 3 rings (SSSR count). The molecule has 0 saturated carbocycles. The van der Waals surface area contributed by atoms with E-state index in [-0.39, 0.29) is 17.5 Å². The maximum absolute atomic E-state index is 12.6. The van der Waals surface area contributed by atoms with Crippen LogP contribution >= 0.6 is 0 Å². The van der Waals surface area contributed by atoms with E-state index in [1.54, 1.807) is 11.6 Å². The molecule has 1 aromatic heterocycles. The average molecular weight is 273 g/mol. The molecule has 20 heavy (non-hydrogen) atoms. The van der Waals surface area contributed by atoms with Gasteiger partial charge in [-0.2, -0.15) is 0 Å². The SMILES string of the molecule is Cc1cc([C@@H](C)N)c2nc(C3COC3)n(C)c(=O)c2c1. The Balaban J connectivity index is 2.36. The number of rotatable bonds is 2. The minimum absolute atomic E-state index is 0.0116. The van der Waals surface area contributed by atoms with Crippen LogP contribution in [0.15, 0.2) is 16.9 Å². The Morgan fingerprint density at radius 3 is 2.70 bits per heavy atom. The average Bonchev–Trinajstić information content (AvgIpc) is 2.33. The van der Waals surface area contributed by atoms with Crippen molar-refractivity contribution in [3.8, 4) is 0 Å². The molecular weight excluding hydrogens is 254 g/mol. The zero-order chi connectivity index (χ0) is 14.4. The fraction of sp³-hybridized carbons (Fsp3) is 0.467. The molecule has 5 nitrogen and oxygen atoms in total. The Bertz CT molecular complexity index is 730. The lowest BCUT2D eigenvalue weighted by Crippen LogP contribution is -2.33. The van der Waals surface area contributed by atoms with Gasteiger partial charge in [0, 0.05) is 13.1 Å². The predicted octanol–water partition coefficient (Wildman–Crippen LogP) is 1.38. The van der Waals surface area contributed by atoms with Gasteiger partial charge in [-0.15, -0.1) is 0 Å². The minimum atomic E-state index is -0.150. The highest BCUT2D eigenvalue weighted by atomic mass is 16.5. The summed E-state index contributed by atoms with van der Waals surface area (Å²) < 4.78 is 6.85. The van der Waals surface area contributed by atoms with Crippen molar-refractivity contribution < 1.29 is 4.74 Å². The highest BCUT2D eigenvalue weighted by Gasteiger charge is 2.26. The van der Waals surface area contributed by atoms with Crippen molar-refractivity contribution in [3.63, 3.8) is 0 Å². The zero-order valence-electron chi connectivity index (χ0n) is 12.0. The summed E-state index contributed by atoms with van der Waals surface area (Å²) in [7, 11) is 1.77. The molecule has 2 N–H and O–H groups in total. The monoisotopic (exact) mass is 273 g/mol. The summed E-state index contributed by atoms with van der Waals surface area (Å²) >= 11 is 0. The molecule has 1 aromatic carbocycles. The Morgan fingerprint density at radius 1 is 1.45 bits per heavy atom. The molecule has 106 valence electrons. The number of ether oxygens (including phenoxy) is 1. The van der Waals surface area contributed by atoms with E-state index in [2.05, 4.69) is 0 Å². The highest BCUT2D eigenvalue weighted by molar-refractivity contribution is 5.82. The molecule has 1 aliphatic rings. The fourth-order valence-electron chi connectivity index (χ4n) is 2.67. The number of hydrogen-bond donors (Lipinski definition) is 1. The van der Waals surface area contributed by atoms with Gasteiger partial charge in [-0.1, -0.05) is 6.07 Å². The second kappa shape index (κ2) is 4.68. The van der Waals surface area contributed by atoms with Crippen LogP contribution in [0.4, 0.5) is 0 Å². The normalized spacial score (nSPS) is 17.2. The summed E-state index contributed by atoms with van der Waals surface area (Å²) in [5, 5.41) is 0.642. The van der Waals surface area contributed by atoms with Crippen LogP contribution in [-0.2, 0) is 11.8 Å². The Kier molecular flexibility index (Phi) is 3.11. The van der Waals surface area contributed by atoms with Gasteiger partial charge >= 0.3 is 0 Å². The van der Waals surface area contributed by atoms with Crippen LogP contribution in [0.25, 0.3) is 10.9 Å². The first-order valence-electron chi connectivity index (χ1n) is 6.83. The number of aromatic nitrogens is 2. The lowest BCUT2D eigenvalue weighted by atomic mass is 10.0. The van der Waals surface area contributed by atoms with Crippen LogP contribution in [0, 0.1) is 6.92 Å². The Morgan fingerprint density at radius 2 is 2.15 bits per heavy atom. The first-order chi connectivity index (χ1) is 9.49. The molecule has 0 radical (unpaired) electrons. The topological polar surface area (TPSA) is 70.1 Å². The first-order valence-corrected chi connectivity index (χ1v) is 6.83. The molecule has 0 bridgehead atoms. The predicted molar refractivity (Wildman–Crippen MR) is 77.9 cm³/mol. The Labute approximate surface area is 117 Å². The van der Waals surface area contributed by atoms with Crippen molar-refractivity contribution in [2.24, 2.45) is 12.8 Å². The first kappa shape index (κ1) is 13.3. The zero-order valence-corrected chi connectivity index (χ0v) is 12.0. The van der Waals surface area contributed by atoms with Gasteiger partial charge < -0.3 is 10.5 Å². The summed E-state index contributed by atoms with van der Waals surface area (Å²) in [6.07, 6.45) is 0. The minimum Gasteiger partial charge on any atom is -0.380 e.